The first kappa shape index (κ1) is 14.9. The minimum atomic E-state index is 0. The van der Waals surface area contributed by atoms with E-state index in [9.17, 15) is 0 Å². The minimum Gasteiger partial charge on any atom is -0.358 e. The monoisotopic (exact) mass is 255 g/mol. The molecule has 2 rings (SSSR count). The summed E-state index contributed by atoms with van der Waals surface area (Å²) < 4.78 is 0. The zero-order chi connectivity index (χ0) is 9.80. The average Bonchev–Trinajstić information content (AvgIpc) is 2.30. The third-order valence-corrected chi connectivity index (χ3v) is 2.35. The van der Waals surface area contributed by atoms with Crippen LogP contribution >= 0.6 is 0 Å². The molecule has 0 atom stereocenters. The van der Waals surface area contributed by atoms with Gasteiger partial charge in [0.2, 0.25) is 0 Å². The van der Waals surface area contributed by atoms with Gasteiger partial charge in [0.1, 0.15) is 0 Å². The summed E-state index contributed by atoms with van der Waals surface area (Å²) in [6, 6.07) is 19.0. The smallest absolute Gasteiger partial charge is 0.358 e. The van der Waals surface area contributed by atoms with Crippen LogP contribution in [0.1, 0.15) is 5.56 Å². The molecule has 16 heavy (non-hydrogen) atoms. The molecule has 0 unspecified atom stereocenters. The molecule has 0 saturated carbocycles. The Labute approximate surface area is 109 Å². The van der Waals surface area contributed by atoms with E-state index in [1.807, 2.05) is 6.07 Å². The molecule has 0 N–H and O–H groups in total. The first-order valence-corrected chi connectivity index (χ1v) is 4.84. The second-order valence-corrected chi connectivity index (χ2v) is 3.31. The van der Waals surface area contributed by atoms with E-state index in [1.54, 1.807) is 0 Å². The van der Waals surface area contributed by atoms with Crippen LogP contribution in [0.15, 0.2) is 54.6 Å². The minimum absolute atomic E-state index is 0. The van der Waals surface area contributed by atoms with Gasteiger partial charge in [0, 0.05) is 0 Å². The molecule has 0 bridgehead atoms. The third-order valence-electron chi connectivity index (χ3n) is 2.35. The second-order valence-electron chi connectivity index (χ2n) is 3.31. The Morgan fingerprint density at radius 3 is 1.75 bits per heavy atom. The van der Waals surface area contributed by atoms with Gasteiger partial charge in [-0.05, 0) is 11.1 Å². The number of benzene rings is 2. The van der Waals surface area contributed by atoms with Crippen molar-refractivity contribution in [3.05, 3.63) is 74.5 Å². The van der Waals surface area contributed by atoms with E-state index < -0.39 is 0 Å². The molecule has 2 aromatic rings. The summed E-state index contributed by atoms with van der Waals surface area (Å²) in [4.78, 5) is 0. The summed E-state index contributed by atoms with van der Waals surface area (Å²) in [5, 5.41) is 0. The quantitative estimate of drug-likeness (QED) is 0.706. The maximum atomic E-state index is 3.86. The van der Waals surface area contributed by atoms with Crippen molar-refractivity contribution in [1.82, 2.24) is 0 Å². The van der Waals surface area contributed by atoms with Crippen LogP contribution in [0, 0.1) is 14.4 Å². The van der Waals surface area contributed by atoms with E-state index in [1.165, 1.54) is 16.7 Å². The second kappa shape index (κ2) is 7.26. The Morgan fingerprint density at radius 2 is 1.25 bits per heavy atom. The molecule has 0 aliphatic heterocycles. The molecular weight excluding hydrogens is 239 g/mol. The van der Waals surface area contributed by atoms with Crippen molar-refractivity contribution in [3.63, 3.8) is 0 Å². The van der Waals surface area contributed by atoms with Crippen molar-refractivity contribution in [1.29, 1.82) is 0 Å². The maximum Gasteiger partial charge on any atom is 2.00 e. The van der Waals surface area contributed by atoms with Gasteiger partial charge in [-0.1, -0.05) is 60.2 Å². The maximum absolute atomic E-state index is 3.86. The van der Waals surface area contributed by atoms with Crippen LogP contribution in [0.4, 0.5) is 0 Å². The van der Waals surface area contributed by atoms with Gasteiger partial charge in [-0.2, -0.15) is 6.42 Å². The predicted octanol–water partition coefficient (Wildman–Crippen LogP) is 4.18. The molecule has 0 heterocycles. The number of rotatable bonds is 2. The molecule has 0 aromatic heterocycles. The van der Waals surface area contributed by atoms with E-state index in [0.717, 1.165) is 6.42 Å². The Morgan fingerprint density at radius 1 is 0.750 bits per heavy atom. The van der Waals surface area contributed by atoms with Crippen molar-refractivity contribution in [2.45, 2.75) is 6.42 Å². The van der Waals surface area contributed by atoms with E-state index in [4.69, 9.17) is 0 Å². The Hall–Kier alpha value is -1.05. The molecule has 0 nitrogen and oxygen atoms in total. The van der Waals surface area contributed by atoms with Gasteiger partial charge >= 0.3 is 16.8 Å². The molecule has 0 fully saturated rings. The zero-order valence-electron chi connectivity index (χ0n) is 9.44. The number of hydrogen-bond acceptors (Lipinski definition) is 0. The van der Waals surface area contributed by atoms with Gasteiger partial charge in [0.15, 0.2) is 0 Å². The van der Waals surface area contributed by atoms with Crippen LogP contribution in [-0.2, 0) is 23.2 Å². The van der Waals surface area contributed by atoms with Crippen LogP contribution < -0.4 is 0 Å². The molecule has 0 saturated heterocycles. The zero-order valence-corrected chi connectivity index (χ0v) is 10.5. The first-order valence-electron chi connectivity index (χ1n) is 4.84. The molecule has 85 valence electrons. The molecule has 1 radical (unpaired) electrons. The Balaban J connectivity index is 0.00000112. The molecular formula is C15H16Co. The fourth-order valence-corrected chi connectivity index (χ4v) is 1.49. The molecule has 0 amide bonds. The van der Waals surface area contributed by atoms with Crippen molar-refractivity contribution in [3.8, 4) is 11.1 Å². The standard InChI is InChI=1S/C14H13.CH3.Co/c1-2-12-8-10-14(11-9-12)13-6-4-3-5-7-13;;/h3-11H,1-2H2;1H3;/q2*-1;+2. The van der Waals surface area contributed by atoms with Crippen molar-refractivity contribution >= 4 is 0 Å². The predicted molar refractivity (Wildman–Crippen MR) is 67.4 cm³/mol. The van der Waals surface area contributed by atoms with Crippen LogP contribution in [0.3, 0.4) is 0 Å². The van der Waals surface area contributed by atoms with E-state index in [-0.39, 0.29) is 24.2 Å². The van der Waals surface area contributed by atoms with E-state index in [2.05, 4.69) is 55.5 Å². The SMILES string of the molecule is [CH2-]Cc1ccc(-c2ccccc2)cc1.[CH3-].[Co+2]. The van der Waals surface area contributed by atoms with Gasteiger partial charge in [0.25, 0.3) is 0 Å². The third kappa shape index (κ3) is 3.51. The fourth-order valence-electron chi connectivity index (χ4n) is 1.49. The van der Waals surface area contributed by atoms with Crippen LogP contribution in [0.2, 0.25) is 0 Å². The first-order chi connectivity index (χ1) is 6.90. The van der Waals surface area contributed by atoms with Crippen molar-refractivity contribution < 1.29 is 16.8 Å². The van der Waals surface area contributed by atoms with Crippen molar-refractivity contribution in [2.75, 3.05) is 0 Å². The van der Waals surface area contributed by atoms with Crippen LogP contribution in [0.25, 0.3) is 11.1 Å². The summed E-state index contributed by atoms with van der Waals surface area (Å²) in [6.07, 6.45) is 0.856. The number of hydrogen-bond donors (Lipinski definition) is 0. The van der Waals surface area contributed by atoms with Crippen molar-refractivity contribution in [2.24, 2.45) is 0 Å². The summed E-state index contributed by atoms with van der Waals surface area (Å²) in [7, 11) is 0. The Kier molecular flexibility index (Phi) is 6.78. The fraction of sp³-hybridized carbons (Fsp3) is 0.0667. The van der Waals surface area contributed by atoms with Crippen LogP contribution in [0.5, 0.6) is 0 Å². The van der Waals surface area contributed by atoms with Gasteiger partial charge in [-0.3, -0.25) is 0 Å². The topological polar surface area (TPSA) is 0 Å². The molecule has 0 aliphatic carbocycles. The van der Waals surface area contributed by atoms with E-state index >= 15 is 0 Å². The molecule has 0 aliphatic rings. The van der Waals surface area contributed by atoms with Gasteiger partial charge in [0.05, 0.1) is 0 Å². The van der Waals surface area contributed by atoms with Gasteiger partial charge < -0.3 is 14.4 Å². The molecule has 1 heteroatoms. The largest absolute Gasteiger partial charge is 2.00 e. The van der Waals surface area contributed by atoms with Gasteiger partial charge in [-0.15, -0.1) is 0 Å². The summed E-state index contributed by atoms with van der Waals surface area (Å²) in [6.45, 7) is 3.86. The van der Waals surface area contributed by atoms with E-state index in [0.29, 0.717) is 0 Å². The molecule has 2 aromatic carbocycles. The molecule has 0 spiro atoms. The summed E-state index contributed by atoms with van der Waals surface area (Å²) in [5.74, 6) is 0. The van der Waals surface area contributed by atoms with Gasteiger partial charge in [-0.25, -0.2) is 0 Å². The summed E-state index contributed by atoms with van der Waals surface area (Å²) in [5.41, 5.74) is 3.82. The Bertz CT molecular complexity index is 390. The average molecular weight is 255 g/mol. The normalized spacial score (nSPS) is 8.81. The van der Waals surface area contributed by atoms with Crippen LogP contribution in [-0.4, -0.2) is 0 Å². The summed E-state index contributed by atoms with van der Waals surface area (Å²) >= 11 is 0.